The summed E-state index contributed by atoms with van der Waals surface area (Å²) >= 11 is 4.12. The zero-order chi connectivity index (χ0) is 24.6. The minimum atomic E-state index is -1.21. The number of aromatic nitrogens is 4. The van der Waals surface area contributed by atoms with Gasteiger partial charge in [-0.25, -0.2) is 9.36 Å². The van der Waals surface area contributed by atoms with E-state index in [1.54, 1.807) is 6.92 Å². The molecule has 2 aliphatic rings. The summed E-state index contributed by atoms with van der Waals surface area (Å²) in [5.74, 6) is -2.07. The molecule has 0 saturated carbocycles. The number of rotatable bonds is 9. The van der Waals surface area contributed by atoms with Gasteiger partial charge >= 0.3 is 11.9 Å². The number of nitro groups is 1. The van der Waals surface area contributed by atoms with E-state index in [0.29, 0.717) is 33.5 Å². The molecule has 0 bridgehead atoms. The average molecular weight is 526 g/mol. The second-order valence-corrected chi connectivity index (χ2v) is 10.8. The fourth-order valence-corrected chi connectivity index (χ4v) is 6.94. The number of carbonyl (C=O) groups excluding carboxylic acids is 2. The van der Waals surface area contributed by atoms with Crippen molar-refractivity contribution in [2.24, 2.45) is 0 Å². The molecule has 0 aliphatic carbocycles. The van der Waals surface area contributed by atoms with Gasteiger partial charge in [-0.15, -0.1) is 22.0 Å². The van der Waals surface area contributed by atoms with Crippen molar-refractivity contribution >= 4 is 58.6 Å². The average Bonchev–Trinajstić information content (AvgIpc) is 3.40. The van der Waals surface area contributed by atoms with E-state index in [1.807, 2.05) is 6.92 Å². The molecule has 1 saturated heterocycles. The van der Waals surface area contributed by atoms with Gasteiger partial charge in [0, 0.05) is 17.9 Å². The lowest BCUT2D eigenvalue weighted by molar-refractivity contribution is -0.396. The summed E-state index contributed by atoms with van der Waals surface area (Å²) in [6.45, 7) is 3.24. The number of amides is 2. The van der Waals surface area contributed by atoms with E-state index in [1.165, 1.54) is 50.5 Å². The summed E-state index contributed by atoms with van der Waals surface area (Å²) in [6, 6.07) is -0.917. The van der Waals surface area contributed by atoms with Gasteiger partial charge in [0.15, 0.2) is 10.9 Å². The van der Waals surface area contributed by atoms with Crippen LogP contribution in [-0.4, -0.2) is 75.4 Å². The van der Waals surface area contributed by atoms with Gasteiger partial charge in [0.05, 0.1) is 0 Å². The minimum Gasteiger partial charge on any atom is -0.477 e. The van der Waals surface area contributed by atoms with Crippen LogP contribution in [0.5, 0.6) is 0 Å². The quantitative estimate of drug-likeness (QED) is 0.207. The zero-order valence-corrected chi connectivity index (χ0v) is 20.4. The summed E-state index contributed by atoms with van der Waals surface area (Å²) < 4.78 is 1.90. The van der Waals surface area contributed by atoms with E-state index in [4.69, 9.17) is 0 Å². The predicted molar refractivity (Wildman–Crippen MR) is 123 cm³/mol. The molecule has 4 rings (SSSR count). The smallest absolute Gasteiger partial charge is 0.435 e. The Morgan fingerprint density at radius 2 is 2.18 bits per heavy atom. The normalized spacial score (nSPS) is 19.6. The van der Waals surface area contributed by atoms with E-state index in [0.717, 1.165) is 5.01 Å². The molecule has 2 atom stereocenters. The molecule has 2 aliphatic heterocycles. The SMILES string of the molecule is CCc1cnc([N+](=O)[O-])n1CC(=O)N[C@H]1C(=O)N2C(C(=O)O)=C(CSc3nnc(C)s3)CS[C@H]12. The van der Waals surface area contributed by atoms with Gasteiger partial charge in [-0.3, -0.25) is 14.5 Å². The molecule has 16 heteroatoms. The first kappa shape index (κ1) is 24.2. The second-order valence-electron chi connectivity index (χ2n) is 7.33. The van der Waals surface area contributed by atoms with Crippen LogP contribution in [0.15, 0.2) is 21.8 Å². The Morgan fingerprint density at radius 1 is 1.41 bits per heavy atom. The number of imidazole rings is 1. The standard InChI is InChI=1S/C18H19N7O6S3/c1-3-10-4-19-17(25(30)31)23(10)5-11(26)20-12-14(27)24-13(16(28)29)9(6-32-15(12)24)7-33-18-22-21-8(2)34-18/h4,12,15H,3,5-7H2,1-2H3,(H,20,26)(H,28,29)/t12-,15+/m0/s1. The fraction of sp³-hybridized carbons (Fsp3) is 0.444. The number of thioether (sulfide) groups is 2. The number of aliphatic carboxylic acids is 1. The van der Waals surface area contributed by atoms with Crippen molar-refractivity contribution in [1.82, 2.24) is 30.0 Å². The molecule has 34 heavy (non-hydrogen) atoms. The molecular formula is C18H19N7O6S3. The maximum atomic E-state index is 12.8. The highest BCUT2D eigenvalue weighted by molar-refractivity contribution is 8.01. The van der Waals surface area contributed by atoms with Crippen molar-refractivity contribution in [3.63, 3.8) is 0 Å². The third-order valence-corrected chi connectivity index (χ3v) is 8.59. The summed E-state index contributed by atoms with van der Waals surface area (Å²) in [5, 5.41) is 31.8. The topological polar surface area (TPSA) is 173 Å². The van der Waals surface area contributed by atoms with Crippen LogP contribution < -0.4 is 5.32 Å². The number of hydrogen-bond donors (Lipinski definition) is 2. The summed E-state index contributed by atoms with van der Waals surface area (Å²) in [7, 11) is 0. The second kappa shape index (κ2) is 9.71. The molecule has 2 aromatic rings. The third kappa shape index (κ3) is 4.52. The molecule has 180 valence electrons. The number of hydrogen-bond acceptors (Lipinski definition) is 11. The summed E-state index contributed by atoms with van der Waals surface area (Å²) in [6.07, 6.45) is 1.78. The Balaban J connectivity index is 1.45. The highest BCUT2D eigenvalue weighted by atomic mass is 32.2. The molecule has 0 aromatic carbocycles. The molecule has 0 unspecified atom stereocenters. The Kier molecular flexibility index (Phi) is 6.90. The van der Waals surface area contributed by atoms with Crippen LogP contribution in [0.25, 0.3) is 0 Å². The largest absolute Gasteiger partial charge is 0.477 e. The number of nitrogens with one attached hydrogen (secondary N) is 1. The Labute approximate surface area is 205 Å². The molecule has 0 spiro atoms. The molecule has 1 fully saturated rings. The van der Waals surface area contributed by atoms with Gasteiger partial charge in [0.2, 0.25) is 0 Å². The van der Waals surface area contributed by atoms with E-state index < -0.39 is 40.1 Å². The molecule has 13 nitrogen and oxygen atoms in total. The van der Waals surface area contributed by atoms with Crippen LogP contribution in [-0.2, 0) is 27.3 Å². The van der Waals surface area contributed by atoms with Gasteiger partial charge in [-0.1, -0.05) is 35.0 Å². The van der Waals surface area contributed by atoms with Crippen LogP contribution in [0, 0.1) is 17.0 Å². The number of nitrogens with zero attached hydrogens (tertiary/aromatic N) is 6. The van der Waals surface area contributed by atoms with Crippen molar-refractivity contribution in [2.45, 2.75) is 42.6 Å². The van der Waals surface area contributed by atoms with Crippen molar-refractivity contribution in [3.05, 3.63) is 38.3 Å². The maximum Gasteiger partial charge on any atom is 0.435 e. The van der Waals surface area contributed by atoms with Crippen LogP contribution in [0.3, 0.4) is 0 Å². The number of carboxylic acids is 1. The minimum absolute atomic E-state index is 0.0773. The number of fused-ring (bicyclic) bond motifs is 1. The highest BCUT2D eigenvalue weighted by Crippen LogP contribution is 2.41. The Hall–Kier alpha value is -2.98. The van der Waals surface area contributed by atoms with Crippen molar-refractivity contribution in [3.8, 4) is 0 Å². The summed E-state index contributed by atoms with van der Waals surface area (Å²) in [4.78, 5) is 52.8. The van der Waals surface area contributed by atoms with Crippen LogP contribution in [0.4, 0.5) is 5.95 Å². The Morgan fingerprint density at radius 3 is 2.79 bits per heavy atom. The van der Waals surface area contributed by atoms with Gasteiger partial charge in [-0.2, -0.15) is 0 Å². The van der Waals surface area contributed by atoms with E-state index in [2.05, 4.69) is 20.5 Å². The van der Waals surface area contributed by atoms with Crippen molar-refractivity contribution < 1.29 is 24.4 Å². The lowest BCUT2D eigenvalue weighted by atomic mass is 10.0. The first-order valence-electron chi connectivity index (χ1n) is 10.0. The highest BCUT2D eigenvalue weighted by Gasteiger charge is 2.54. The van der Waals surface area contributed by atoms with Gasteiger partial charge in [0.25, 0.3) is 11.8 Å². The molecule has 4 heterocycles. The number of carbonyl (C=O) groups is 3. The maximum absolute atomic E-state index is 12.8. The lowest BCUT2D eigenvalue weighted by Gasteiger charge is -2.49. The van der Waals surface area contributed by atoms with Crippen molar-refractivity contribution in [2.75, 3.05) is 11.5 Å². The Bertz CT molecular complexity index is 1210. The molecule has 2 amide bonds. The van der Waals surface area contributed by atoms with Gasteiger partial charge in [0.1, 0.15) is 34.0 Å². The molecular weight excluding hydrogens is 506 g/mol. The van der Waals surface area contributed by atoms with E-state index >= 15 is 0 Å². The third-order valence-electron chi connectivity index (χ3n) is 5.19. The van der Waals surface area contributed by atoms with E-state index in [-0.39, 0.29) is 12.2 Å². The van der Waals surface area contributed by atoms with Crippen LogP contribution >= 0.6 is 34.9 Å². The number of carboxylic acid groups (broad SMARTS) is 1. The van der Waals surface area contributed by atoms with Gasteiger partial charge in [-0.05, 0) is 17.4 Å². The predicted octanol–water partition coefficient (Wildman–Crippen LogP) is 1.04. The monoisotopic (exact) mass is 525 g/mol. The van der Waals surface area contributed by atoms with Crippen LogP contribution in [0.2, 0.25) is 0 Å². The fourth-order valence-electron chi connectivity index (χ4n) is 3.64. The molecule has 2 N–H and O–H groups in total. The van der Waals surface area contributed by atoms with Crippen LogP contribution in [0.1, 0.15) is 17.6 Å². The lowest BCUT2D eigenvalue weighted by Crippen LogP contribution is -2.70. The number of aryl methyl sites for hydroxylation is 2. The molecule has 2 aromatic heterocycles. The van der Waals surface area contributed by atoms with Gasteiger partial charge < -0.3 is 20.5 Å². The first-order valence-corrected chi connectivity index (χ1v) is 12.9. The number of β-lactam (4-membered cyclic amide) rings is 1. The summed E-state index contributed by atoms with van der Waals surface area (Å²) in [5.41, 5.74) is 1.03. The zero-order valence-electron chi connectivity index (χ0n) is 18.0. The van der Waals surface area contributed by atoms with Crippen molar-refractivity contribution in [1.29, 1.82) is 0 Å². The van der Waals surface area contributed by atoms with E-state index in [9.17, 15) is 29.6 Å². The molecule has 0 radical (unpaired) electrons. The first-order chi connectivity index (χ1) is 16.2.